The highest BCUT2D eigenvalue weighted by Crippen LogP contribution is 2.39. The first-order valence-electron chi connectivity index (χ1n) is 9.27. The molecule has 2 aromatic carbocycles. The highest BCUT2D eigenvalue weighted by atomic mass is 16.5. The molecule has 1 N–H and O–H groups in total. The largest absolute Gasteiger partial charge is 0.361 e. The molecule has 27 heavy (non-hydrogen) atoms. The Bertz CT molecular complexity index is 959. The Hall–Kier alpha value is -3.08. The molecule has 138 valence electrons. The minimum absolute atomic E-state index is 0.0472. The number of hydrogen-bond acceptors (Lipinski definition) is 4. The summed E-state index contributed by atoms with van der Waals surface area (Å²) in [5, 5.41) is 7.13. The van der Waals surface area contributed by atoms with Gasteiger partial charge in [0.1, 0.15) is 11.8 Å². The van der Waals surface area contributed by atoms with E-state index in [1.807, 2.05) is 51.1 Å². The molecule has 1 amide bonds. The lowest BCUT2D eigenvalue weighted by Crippen LogP contribution is -2.47. The lowest BCUT2D eigenvalue weighted by molar-refractivity contribution is -0.117. The summed E-state index contributed by atoms with van der Waals surface area (Å²) in [6, 6.07) is 16.2. The number of rotatable bonds is 4. The third-order valence-corrected chi connectivity index (χ3v) is 5.15. The lowest BCUT2D eigenvalue weighted by atomic mass is 9.98. The van der Waals surface area contributed by atoms with E-state index in [4.69, 9.17) is 4.52 Å². The SMILES string of the molecule is CCC1C(=O)Nc2ccc(-c3c(C)noc3C)cc2N1Cc1ccccc1. The number of benzene rings is 2. The maximum atomic E-state index is 12.6. The minimum atomic E-state index is -0.197. The maximum Gasteiger partial charge on any atom is 0.247 e. The quantitative estimate of drug-likeness (QED) is 0.732. The van der Waals surface area contributed by atoms with Gasteiger partial charge in [0.15, 0.2) is 0 Å². The minimum Gasteiger partial charge on any atom is -0.361 e. The number of aromatic nitrogens is 1. The van der Waals surface area contributed by atoms with Gasteiger partial charge in [-0.3, -0.25) is 4.79 Å². The van der Waals surface area contributed by atoms with Crippen LogP contribution in [-0.2, 0) is 11.3 Å². The van der Waals surface area contributed by atoms with Gasteiger partial charge in [-0.15, -0.1) is 0 Å². The molecule has 5 heteroatoms. The zero-order valence-electron chi connectivity index (χ0n) is 15.8. The molecule has 4 rings (SSSR count). The normalized spacial score (nSPS) is 16.2. The summed E-state index contributed by atoms with van der Waals surface area (Å²) >= 11 is 0. The van der Waals surface area contributed by atoms with E-state index in [9.17, 15) is 4.79 Å². The molecule has 1 aliphatic heterocycles. The molecular weight excluding hydrogens is 338 g/mol. The van der Waals surface area contributed by atoms with Crippen LogP contribution in [0.5, 0.6) is 0 Å². The average Bonchev–Trinajstić information content (AvgIpc) is 3.01. The van der Waals surface area contributed by atoms with E-state index in [-0.39, 0.29) is 11.9 Å². The number of fused-ring (bicyclic) bond motifs is 1. The second-order valence-electron chi connectivity index (χ2n) is 6.96. The molecule has 1 aliphatic rings. The van der Waals surface area contributed by atoms with Crippen LogP contribution in [-0.4, -0.2) is 17.1 Å². The number of carbonyl (C=O) groups excluding carboxylic acids is 1. The molecule has 5 nitrogen and oxygen atoms in total. The van der Waals surface area contributed by atoms with Crippen LogP contribution in [0.3, 0.4) is 0 Å². The van der Waals surface area contributed by atoms with Gasteiger partial charge >= 0.3 is 0 Å². The molecule has 0 fully saturated rings. The predicted molar refractivity (Wildman–Crippen MR) is 107 cm³/mol. The van der Waals surface area contributed by atoms with Crippen LogP contribution in [0.2, 0.25) is 0 Å². The molecule has 0 saturated carbocycles. The summed E-state index contributed by atoms with van der Waals surface area (Å²) in [4.78, 5) is 14.8. The van der Waals surface area contributed by atoms with Gasteiger partial charge < -0.3 is 14.7 Å². The van der Waals surface area contributed by atoms with Gasteiger partial charge in [-0.25, -0.2) is 0 Å². The van der Waals surface area contributed by atoms with Gasteiger partial charge in [-0.05, 0) is 43.5 Å². The fraction of sp³-hybridized carbons (Fsp3) is 0.273. The topological polar surface area (TPSA) is 58.4 Å². The van der Waals surface area contributed by atoms with Crippen molar-refractivity contribution >= 4 is 17.3 Å². The number of nitrogens with zero attached hydrogens (tertiary/aromatic N) is 2. The highest BCUT2D eigenvalue weighted by molar-refractivity contribution is 6.04. The zero-order chi connectivity index (χ0) is 19.0. The van der Waals surface area contributed by atoms with Crippen LogP contribution < -0.4 is 10.2 Å². The van der Waals surface area contributed by atoms with E-state index in [0.717, 1.165) is 40.4 Å². The van der Waals surface area contributed by atoms with Crippen molar-refractivity contribution in [1.82, 2.24) is 5.16 Å². The van der Waals surface area contributed by atoms with Gasteiger partial charge in [0.2, 0.25) is 5.91 Å². The van der Waals surface area contributed by atoms with Gasteiger partial charge in [-0.1, -0.05) is 48.5 Å². The summed E-state index contributed by atoms with van der Waals surface area (Å²) < 4.78 is 5.34. The van der Waals surface area contributed by atoms with Gasteiger partial charge in [-0.2, -0.15) is 0 Å². The number of amides is 1. The number of anilines is 2. The summed E-state index contributed by atoms with van der Waals surface area (Å²) in [6.45, 7) is 6.60. The Balaban J connectivity index is 1.81. The second kappa shape index (κ2) is 6.91. The van der Waals surface area contributed by atoms with Crippen molar-refractivity contribution in [3.8, 4) is 11.1 Å². The molecule has 2 heterocycles. The van der Waals surface area contributed by atoms with Crippen molar-refractivity contribution in [1.29, 1.82) is 0 Å². The molecule has 0 radical (unpaired) electrons. The lowest BCUT2D eigenvalue weighted by Gasteiger charge is -2.38. The van der Waals surface area contributed by atoms with E-state index < -0.39 is 0 Å². The van der Waals surface area contributed by atoms with Crippen LogP contribution in [0.15, 0.2) is 53.1 Å². The van der Waals surface area contributed by atoms with Crippen molar-refractivity contribution in [2.45, 2.75) is 39.8 Å². The first-order valence-corrected chi connectivity index (χ1v) is 9.27. The summed E-state index contributed by atoms with van der Waals surface area (Å²) in [5.74, 6) is 0.847. The molecular formula is C22H23N3O2. The smallest absolute Gasteiger partial charge is 0.247 e. The molecule has 0 aliphatic carbocycles. The Kier molecular flexibility index (Phi) is 4.44. The van der Waals surface area contributed by atoms with E-state index in [1.54, 1.807) is 0 Å². The first kappa shape index (κ1) is 17.3. The van der Waals surface area contributed by atoms with Crippen molar-refractivity contribution in [3.63, 3.8) is 0 Å². The van der Waals surface area contributed by atoms with Crippen LogP contribution >= 0.6 is 0 Å². The number of aryl methyl sites for hydroxylation is 2. The Morgan fingerprint density at radius 1 is 1.15 bits per heavy atom. The summed E-state index contributed by atoms with van der Waals surface area (Å²) in [6.07, 6.45) is 0.744. The van der Waals surface area contributed by atoms with E-state index in [1.165, 1.54) is 5.56 Å². The standard InChI is InChI=1S/C22H23N3O2/c1-4-19-22(26)23-18-11-10-17(21-14(2)24-27-15(21)3)12-20(18)25(19)13-16-8-6-5-7-9-16/h5-12,19H,4,13H2,1-3H3,(H,23,26). The molecule has 1 unspecified atom stereocenters. The van der Waals surface area contributed by atoms with Crippen molar-refractivity contribution < 1.29 is 9.32 Å². The molecule has 3 aromatic rings. The van der Waals surface area contributed by atoms with Gasteiger partial charge in [0.25, 0.3) is 0 Å². The number of carbonyl (C=O) groups is 1. The molecule has 1 aromatic heterocycles. The zero-order valence-corrected chi connectivity index (χ0v) is 15.8. The van der Waals surface area contributed by atoms with E-state index >= 15 is 0 Å². The van der Waals surface area contributed by atoms with Crippen LogP contribution in [0.1, 0.15) is 30.4 Å². The summed E-state index contributed by atoms with van der Waals surface area (Å²) in [7, 11) is 0. The van der Waals surface area contributed by atoms with Crippen LogP contribution in [0.4, 0.5) is 11.4 Å². The van der Waals surface area contributed by atoms with Gasteiger partial charge in [0, 0.05) is 12.1 Å². The van der Waals surface area contributed by atoms with Crippen molar-refractivity contribution in [3.05, 3.63) is 65.5 Å². The van der Waals surface area contributed by atoms with Crippen molar-refractivity contribution in [2.75, 3.05) is 10.2 Å². The Morgan fingerprint density at radius 2 is 1.93 bits per heavy atom. The molecule has 0 bridgehead atoms. The average molecular weight is 361 g/mol. The fourth-order valence-corrected chi connectivity index (χ4v) is 3.83. The maximum absolute atomic E-state index is 12.6. The monoisotopic (exact) mass is 361 g/mol. The Labute approximate surface area is 159 Å². The third kappa shape index (κ3) is 3.10. The Morgan fingerprint density at radius 3 is 2.59 bits per heavy atom. The van der Waals surface area contributed by atoms with Gasteiger partial charge in [0.05, 0.1) is 17.1 Å². The summed E-state index contributed by atoms with van der Waals surface area (Å²) in [5.41, 5.74) is 5.99. The van der Waals surface area contributed by atoms with Crippen LogP contribution in [0.25, 0.3) is 11.1 Å². The third-order valence-electron chi connectivity index (χ3n) is 5.15. The highest BCUT2D eigenvalue weighted by Gasteiger charge is 2.32. The molecule has 1 atom stereocenters. The molecule has 0 spiro atoms. The number of hydrogen-bond donors (Lipinski definition) is 1. The van der Waals surface area contributed by atoms with E-state index in [0.29, 0.717) is 6.54 Å². The van der Waals surface area contributed by atoms with E-state index in [2.05, 4.69) is 33.6 Å². The molecule has 0 saturated heterocycles. The fourth-order valence-electron chi connectivity index (χ4n) is 3.83. The second-order valence-corrected chi connectivity index (χ2v) is 6.96. The first-order chi connectivity index (χ1) is 13.1. The predicted octanol–water partition coefficient (Wildman–Crippen LogP) is 4.70. The van der Waals surface area contributed by atoms with Crippen molar-refractivity contribution in [2.24, 2.45) is 0 Å². The number of nitrogens with one attached hydrogen (secondary N) is 1. The van der Waals surface area contributed by atoms with Crippen LogP contribution in [0, 0.1) is 13.8 Å².